The Kier molecular flexibility index (Phi) is 6.28. The van der Waals surface area contributed by atoms with E-state index in [9.17, 15) is 0 Å². The lowest BCUT2D eigenvalue weighted by Crippen LogP contribution is -1.99. The largest absolute Gasteiger partial charge is 0.487 e. The molecule has 0 amide bonds. The summed E-state index contributed by atoms with van der Waals surface area (Å²) in [6.45, 7) is 4.66. The fraction of sp³-hybridized carbons (Fsp3) is 0.136. The number of benzene rings is 3. The molecule has 0 aliphatic carbocycles. The summed E-state index contributed by atoms with van der Waals surface area (Å²) in [6.07, 6.45) is 1.85. The molecule has 0 saturated heterocycles. The van der Waals surface area contributed by atoms with Gasteiger partial charge in [-0.2, -0.15) is 0 Å². The van der Waals surface area contributed by atoms with E-state index in [0.29, 0.717) is 6.61 Å². The zero-order chi connectivity index (χ0) is 18.5. The van der Waals surface area contributed by atoms with Crippen LogP contribution in [0.25, 0.3) is 0 Å². The van der Waals surface area contributed by atoms with Crippen molar-refractivity contribution in [2.75, 3.05) is 0 Å². The molecule has 26 heavy (non-hydrogen) atoms. The first-order chi connectivity index (χ1) is 12.5. The average molecular weight is 473 g/mol. The van der Waals surface area contributed by atoms with Gasteiger partial charge < -0.3 is 4.74 Å². The molecular formula is C22H19Br2NO. The second kappa shape index (κ2) is 8.65. The zero-order valence-corrected chi connectivity index (χ0v) is 17.8. The van der Waals surface area contributed by atoms with E-state index in [0.717, 1.165) is 37.1 Å². The minimum atomic E-state index is 0.505. The van der Waals surface area contributed by atoms with E-state index in [1.54, 1.807) is 0 Å². The van der Waals surface area contributed by atoms with Gasteiger partial charge in [0.2, 0.25) is 0 Å². The number of aliphatic imine (C=N–C) groups is 1. The van der Waals surface area contributed by atoms with Crippen LogP contribution in [0, 0.1) is 13.8 Å². The molecule has 2 nitrogen and oxygen atoms in total. The minimum absolute atomic E-state index is 0.505. The standard InChI is InChI=1S/C22H19Br2NO/c1-15-8-9-21(16(2)10-15)25-13-18-11-19(23)12-20(24)22(18)26-14-17-6-4-3-5-7-17/h3-13H,14H2,1-2H3. The molecule has 0 spiro atoms. The molecule has 0 fully saturated rings. The maximum absolute atomic E-state index is 6.09. The molecule has 0 saturated carbocycles. The molecule has 3 aromatic rings. The van der Waals surface area contributed by atoms with Crippen LogP contribution in [-0.4, -0.2) is 6.21 Å². The van der Waals surface area contributed by atoms with Crippen LogP contribution in [0.2, 0.25) is 0 Å². The van der Waals surface area contributed by atoms with Crippen molar-refractivity contribution in [3.05, 3.63) is 91.9 Å². The van der Waals surface area contributed by atoms with Gasteiger partial charge in [-0.05, 0) is 59.1 Å². The molecule has 0 aliphatic rings. The Labute approximate surface area is 171 Å². The number of hydrogen-bond donors (Lipinski definition) is 0. The van der Waals surface area contributed by atoms with Crippen molar-refractivity contribution >= 4 is 43.8 Å². The first kappa shape index (κ1) is 18.9. The summed E-state index contributed by atoms with van der Waals surface area (Å²) in [7, 11) is 0. The molecule has 0 N–H and O–H groups in total. The van der Waals surface area contributed by atoms with Gasteiger partial charge in [-0.25, -0.2) is 0 Å². The van der Waals surface area contributed by atoms with Crippen LogP contribution in [0.4, 0.5) is 5.69 Å². The average Bonchev–Trinajstić information content (AvgIpc) is 2.61. The maximum atomic E-state index is 6.09. The van der Waals surface area contributed by atoms with Crippen molar-refractivity contribution in [2.24, 2.45) is 4.99 Å². The van der Waals surface area contributed by atoms with Gasteiger partial charge >= 0.3 is 0 Å². The highest BCUT2D eigenvalue weighted by Crippen LogP contribution is 2.33. The summed E-state index contributed by atoms with van der Waals surface area (Å²) in [5.41, 5.74) is 5.39. The minimum Gasteiger partial charge on any atom is -0.487 e. The lowest BCUT2D eigenvalue weighted by atomic mass is 10.1. The van der Waals surface area contributed by atoms with Crippen LogP contribution in [-0.2, 0) is 6.61 Å². The summed E-state index contributed by atoms with van der Waals surface area (Å²) in [5, 5.41) is 0. The summed E-state index contributed by atoms with van der Waals surface area (Å²) in [5.74, 6) is 0.783. The third kappa shape index (κ3) is 4.83. The Hall–Kier alpha value is -1.91. The van der Waals surface area contributed by atoms with Crippen molar-refractivity contribution in [1.82, 2.24) is 0 Å². The Balaban J connectivity index is 1.89. The van der Waals surface area contributed by atoms with E-state index in [4.69, 9.17) is 4.74 Å². The first-order valence-corrected chi connectivity index (χ1v) is 9.88. The van der Waals surface area contributed by atoms with E-state index in [2.05, 4.69) is 75.0 Å². The summed E-state index contributed by atoms with van der Waals surface area (Å²) in [6, 6.07) is 20.4. The maximum Gasteiger partial charge on any atom is 0.142 e. The van der Waals surface area contributed by atoms with E-state index < -0.39 is 0 Å². The molecule has 0 bridgehead atoms. The molecule has 0 heterocycles. The summed E-state index contributed by atoms with van der Waals surface area (Å²) < 4.78 is 7.95. The zero-order valence-electron chi connectivity index (χ0n) is 14.7. The summed E-state index contributed by atoms with van der Waals surface area (Å²) >= 11 is 7.15. The van der Waals surface area contributed by atoms with Crippen LogP contribution in [0.3, 0.4) is 0 Å². The van der Waals surface area contributed by atoms with Crippen molar-refractivity contribution in [1.29, 1.82) is 0 Å². The van der Waals surface area contributed by atoms with Crippen molar-refractivity contribution < 1.29 is 4.74 Å². The topological polar surface area (TPSA) is 21.6 Å². The van der Waals surface area contributed by atoms with Crippen molar-refractivity contribution in [2.45, 2.75) is 20.5 Å². The fourth-order valence-corrected chi connectivity index (χ4v) is 4.02. The van der Waals surface area contributed by atoms with E-state index >= 15 is 0 Å². The van der Waals surface area contributed by atoms with Crippen LogP contribution in [0.5, 0.6) is 5.75 Å². The highest BCUT2D eigenvalue weighted by Gasteiger charge is 2.10. The van der Waals surface area contributed by atoms with Crippen LogP contribution >= 0.6 is 31.9 Å². The number of nitrogens with zero attached hydrogens (tertiary/aromatic N) is 1. The lowest BCUT2D eigenvalue weighted by Gasteiger charge is -2.12. The van der Waals surface area contributed by atoms with Crippen LogP contribution in [0.1, 0.15) is 22.3 Å². The second-order valence-electron chi connectivity index (χ2n) is 6.13. The Morgan fingerprint density at radius 3 is 2.46 bits per heavy atom. The third-order valence-electron chi connectivity index (χ3n) is 3.96. The molecule has 3 rings (SSSR count). The van der Waals surface area contributed by atoms with Gasteiger partial charge in [-0.1, -0.05) is 64.0 Å². The fourth-order valence-electron chi connectivity index (χ4n) is 2.65. The SMILES string of the molecule is Cc1ccc(N=Cc2cc(Br)cc(Br)c2OCc2ccccc2)c(C)c1. The Bertz CT molecular complexity index is 936. The molecule has 0 atom stereocenters. The molecule has 132 valence electrons. The molecule has 3 aromatic carbocycles. The highest BCUT2D eigenvalue weighted by atomic mass is 79.9. The van der Waals surface area contributed by atoms with Gasteiger partial charge in [0.15, 0.2) is 0 Å². The van der Waals surface area contributed by atoms with Gasteiger partial charge in [0.05, 0.1) is 10.2 Å². The van der Waals surface area contributed by atoms with Gasteiger partial charge in [-0.3, -0.25) is 4.99 Å². The van der Waals surface area contributed by atoms with Gasteiger partial charge in [0.1, 0.15) is 12.4 Å². The Morgan fingerprint density at radius 1 is 0.962 bits per heavy atom. The quantitative estimate of drug-likeness (QED) is 0.361. The predicted molar refractivity (Wildman–Crippen MR) is 116 cm³/mol. The molecular weight excluding hydrogens is 454 g/mol. The van der Waals surface area contributed by atoms with E-state index in [-0.39, 0.29) is 0 Å². The molecule has 0 radical (unpaired) electrons. The number of rotatable bonds is 5. The molecule has 0 unspecified atom stereocenters. The number of ether oxygens (including phenoxy) is 1. The van der Waals surface area contributed by atoms with E-state index in [1.165, 1.54) is 5.56 Å². The predicted octanol–water partition coefficient (Wildman–Crippen LogP) is 7.16. The van der Waals surface area contributed by atoms with Gasteiger partial charge in [-0.15, -0.1) is 0 Å². The van der Waals surface area contributed by atoms with Crippen molar-refractivity contribution in [3.8, 4) is 5.75 Å². The van der Waals surface area contributed by atoms with Crippen LogP contribution < -0.4 is 4.74 Å². The Morgan fingerprint density at radius 2 is 1.73 bits per heavy atom. The smallest absolute Gasteiger partial charge is 0.142 e. The number of aryl methyl sites for hydroxylation is 2. The van der Waals surface area contributed by atoms with Gasteiger partial charge in [0.25, 0.3) is 0 Å². The summed E-state index contributed by atoms with van der Waals surface area (Å²) in [4.78, 5) is 4.67. The normalized spacial score (nSPS) is 11.1. The van der Waals surface area contributed by atoms with Crippen LogP contribution in [0.15, 0.2) is 74.6 Å². The van der Waals surface area contributed by atoms with Crippen molar-refractivity contribution in [3.63, 3.8) is 0 Å². The molecule has 0 aromatic heterocycles. The highest BCUT2D eigenvalue weighted by molar-refractivity contribution is 9.11. The number of halogens is 2. The lowest BCUT2D eigenvalue weighted by molar-refractivity contribution is 0.304. The van der Waals surface area contributed by atoms with Gasteiger partial charge in [0, 0.05) is 16.3 Å². The number of hydrogen-bond acceptors (Lipinski definition) is 2. The molecule has 0 aliphatic heterocycles. The first-order valence-electron chi connectivity index (χ1n) is 8.30. The third-order valence-corrected chi connectivity index (χ3v) is 5.00. The van der Waals surface area contributed by atoms with E-state index in [1.807, 2.05) is 42.6 Å². The second-order valence-corrected chi connectivity index (χ2v) is 7.90. The molecule has 4 heteroatoms. The monoisotopic (exact) mass is 471 g/mol.